The lowest BCUT2D eigenvalue weighted by Crippen LogP contribution is -2.32. The van der Waals surface area contributed by atoms with E-state index in [0.29, 0.717) is 11.7 Å². The summed E-state index contributed by atoms with van der Waals surface area (Å²) in [6.07, 6.45) is 5.45. The van der Waals surface area contributed by atoms with Crippen molar-refractivity contribution in [2.75, 3.05) is 13.1 Å². The quantitative estimate of drug-likeness (QED) is 0.577. The lowest BCUT2D eigenvalue weighted by molar-refractivity contribution is 0.373. The van der Waals surface area contributed by atoms with Crippen molar-refractivity contribution < 1.29 is 8.42 Å². The third-order valence-electron chi connectivity index (χ3n) is 5.44. The minimum Gasteiger partial charge on any atom is -0.323 e. The number of benzene rings is 1. The zero-order valence-electron chi connectivity index (χ0n) is 15.5. The van der Waals surface area contributed by atoms with Gasteiger partial charge in [0, 0.05) is 24.2 Å². The Bertz CT molecular complexity index is 1270. The fourth-order valence-electron chi connectivity index (χ4n) is 4.16. The molecule has 1 aliphatic heterocycles. The number of pyridine rings is 1. The number of fused-ring (bicyclic) bond motifs is 3. The monoisotopic (exact) mass is 395 g/mol. The van der Waals surface area contributed by atoms with Crippen LogP contribution in [0.3, 0.4) is 0 Å². The van der Waals surface area contributed by atoms with Gasteiger partial charge in [-0.05, 0) is 44.5 Å². The number of rotatable bonds is 3. The molecule has 0 radical (unpaired) electrons. The van der Waals surface area contributed by atoms with Crippen LogP contribution in [-0.2, 0) is 10.0 Å². The fraction of sp³-hybridized carbons (Fsp3) is 0.300. The molecule has 5 rings (SSSR count). The molecule has 0 bridgehead atoms. The van der Waals surface area contributed by atoms with Gasteiger partial charge in [0.25, 0.3) is 10.0 Å². The van der Waals surface area contributed by atoms with Crippen LogP contribution in [0, 0.1) is 6.92 Å². The van der Waals surface area contributed by atoms with E-state index < -0.39 is 10.0 Å². The second-order valence-corrected chi connectivity index (χ2v) is 9.00. The summed E-state index contributed by atoms with van der Waals surface area (Å²) in [6.45, 7) is 3.92. The van der Waals surface area contributed by atoms with E-state index in [2.05, 4.69) is 19.9 Å². The summed E-state index contributed by atoms with van der Waals surface area (Å²) >= 11 is 0. The summed E-state index contributed by atoms with van der Waals surface area (Å²) in [5.74, 6) is 0.927. The van der Waals surface area contributed by atoms with Gasteiger partial charge in [0.15, 0.2) is 5.65 Å². The lowest BCUT2D eigenvalue weighted by Gasteiger charge is -2.26. The van der Waals surface area contributed by atoms with Crippen molar-refractivity contribution in [3.8, 4) is 0 Å². The molecule has 0 spiro atoms. The summed E-state index contributed by atoms with van der Waals surface area (Å²) in [7, 11) is -3.71. The zero-order chi connectivity index (χ0) is 19.3. The normalized spacial score (nSPS) is 18.1. The van der Waals surface area contributed by atoms with Crippen molar-refractivity contribution in [3.63, 3.8) is 0 Å². The van der Waals surface area contributed by atoms with Crippen molar-refractivity contribution >= 4 is 32.1 Å². The lowest BCUT2D eigenvalue weighted by atomic mass is 10.1. The molecule has 1 aliphatic rings. The number of piperidine rings is 1. The Morgan fingerprint density at radius 1 is 1.18 bits per heavy atom. The average molecular weight is 395 g/mol. The van der Waals surface area contributed by atoms with Gasteiger partial charge < -0.3 is 9.88 Å². The van der Waals surface area contributed by atoms with Crippen LogP contribution >= 0.6 is 0 Å². The molecule has 0 saturated carbocycles. The summed E-state index contributed by atoms with van der Waals surface area (Å²) in [5, 5.41) is 4.26. The minimum atomic E-state index is -3.71. The number of imidazole rings is 1. The highest BCUT2D eigenvalue weighted by molar-refractivity contribution is 7.90. The smallest absolute Gasteiger partial charge is 0.269 e. The van der Waals surface area contributed by atoms with Gasteiger partial charge in [-0.25, -0.2) is 22.4 Å². The Balaban J connectivity index is 1.75. The molecule has 1 atom stereocenters. The van der Waals surface area contributed by atoms with Crippen LogP contribution in [0.4, 0.5) is 0 Å². The molecule has 0 aliphatic carbocycles. The molecule has 144 valence electrons. The number of nitrogens with one attached hydrogen (secondary N) is 1. The van der Waals surface area contributed by atoms with Gasteiger partial charge in [-0.15, -0.1) is 0 Å². The Kier molecular flexibility index (Phi) is 3.99. The van der Waals surface area contributed by atoms with Gasteiger partial charge in [-0.1, -0.05) is 18.2 Å². The minimum absolute atomic E-state index is 0.246. The molecule has 1 unspecified atom stereocenters. The second kappa shape index (κ2) is 6.42. The Morgan fingerprint density at radius 2 is 2.00 bits per heavy atom. The predicted molar refractivity (Wildman–Crippen MR) is 108 cm³/mol. The van der Waals surface area contributed by atoms with Gasteiger partial charge in [-0.2, -0.15) is 0 Å². The summed E-state index contributed by atoms with van der Waals surface area (Å²) in [5.41, 5.74) is 2.19. The largest absolute Gasteiger partial charge is 0.323 e. The molecule has 1 aromatic carbocycles. The van der Waals surface area contributed by atoms with Crippen LogP contribution in [0.1, 0.15) is 24.7 Å². The van der Waals surface area contributed by atoms with E-state index in [4.69, 9.17) is 0 Å². The van der Waals surface area contributed by atoms with Crippen LogP contribution in [-0.4, -0.2) is 40.0 Å². The number of hydrogen-bond donors (Lipinski definition) is 1. The predicted octanol–water partition coefficient (Wildman–Crippen LogP) is 2.86. The Morgan fingerprint density at radius 3 is 2.75 bits per heavy atom. The van der Waals surface area contributed by atoms with E-state index in [1.165, 1.54) is 3.97 Å². The maximum absolute atomic E-state index is 13.1. The van der Waals surface area contributed by atoms with Crippen molar-refractivity contribution in [2.24, 2.45) is 0 Å². The molecule has 1 N–H and O–H groups in total. The maximum atomic E-state index is 13.1. The van der Waals surface area contributed by atoms with Crippen molar-refractivity contribution in [1.29, 1.82) is 0 Å². The van der Waals surface area contributed by atoms with E-state index in [-0.39, 0.29) is 4.90 Å². The third kappa shape index (κ3) is 2.56. The van der Waals surface area contributed by atoms with Crippen LogP contribution in [0.25, 0.3) is 22.1 Å². The highest BCUT2D eigenvalue weighted by Crippen LogP contribution is 2.31. The average Bonchev–Trinajstić information content (AvgIpc) is 3.30. The number of aryl methyl sites for hydroxylation is 1. The van der Waals surface area contributed by atoms with Crippen molar-refractivity contribution in [1.82, 2.24) is 23.8 Å². The molecule has 7 nitrogen and oxygen atoms in total. The molecule has 4 aromatic rings. The first-order valence-electron chi connectivity index (χ1n) is 9.43. The van der Waals surface area contributed by atoms with E-state index in [9.17, 15) is 8.42 Å². The van der Waals surface area contributed by atoms with Crippen molar-refractivity contribution in [3.05, 3.63) is 54.6 Å². The molecule has 1 saturated heterocycles. The molecule has 3 aromatic heterocycles. The molecule has 8 heteroatoms. The van der Waals surface area contributed by atoms with Gasteiger partial charge >= 0.3 is 0 Å². The first-order valence-corrected chi connectivity index (χ1v) is 10.9. The van der Waals surface area contributed by atoms with E-state index in [0.717, 1.165) is 48.2 Å². The van der Waals surface area contributed by atoms with Gasteiger partial charge in [0.05, 0.1) is 16.6 Å². The van der Waals surface area contributed by atoms with Gasteiger partial charge in [-0.3, -0.25) is 0 Å². The number of hydrogen-bond acceptors (Lipinski definition) is 5. The van der Waals surface area contributed by atoms with Crippen LogP contribution < -0.4 is 5.32 Å². The highest BCUT2D eigenvalue weighted by Gasteiger charge is 2.24. The molecule has 0 amide bonds. The second-order valence-electron chi connectivity index (χ2n) is 7.19. The van der Waals surface area contributed by atoms with Crippen molar-refractivity contribution in [2.45, 2.75) is 30.7 Å². The topological polar surface area (TPSA) is 81.8 Å². The first kappa shape index (κ1) is 17.4. The molecule has 1 fully saturated rings. The third-order valence-corrected chi connectivity index (χ3v) is 7.12. The summed E-state index contributed by atoms with van der Waals surface area (Å²) in [4.78, 5) is 9.38. The van der Waals surface area contributed by atoms with Crippen LogP contribution in [0.5, 0.6) is 0 Å². The summed E-state index contributed by atoms with van der Waals surface area (Å²) in [6, 6.07) is 10.6. The number of aromatic nitrogens is 4. The molecular weight excluding hydrogens is 374 g/mol. The highest BCUT2D eigenvalue weighted by atomic mass is 32.2. The maximum Gasteiger partial charge on any atom is 0.269 e. The fourth-order valence-corrected chi connectivity index (χ4v) is 5.49. The van der Waals surface area contributed by atoms with Crippen LogP contribution in [0.2, 0.25) is 0 Å². The van der Waals surface area contributed by atoms with Gasteiger partial charge in [0.2, 0.25) is 0 Å². The summed E-state index contributed by atoms with van der Waals surface area (Å²) < 4.78 is 29.8. The Labute approximate surface area is 163 Å². The standard InChI is InChI=1S/C20H21N5O2S/c1-14-23-18-13-22-20-17(19(18)25(14)15-6-5-10-21-12-15)9-11-24(20)28(26,27)16-7-3-2-4-8-16/h2-4,7-9,11,13,15,21H,5-6,10,12H2,1H3. The van der Waals surface area contributed by atoms with E-state index in [1.54, 1.807) is 42.7 Å². The number of nitrogens with zero attached hydrogens (tertiary/aromatic N) is 4. The van der Waals surface area contributed by atoms with E-state index >= 15 is 0 Å². The SMILES string of the molecule is Cc1nc2cnc3c(ccn3S(=O)(=O)c3ccccc3)c2n1C1CCCNC1. The van der Waals surface area contributed by atoms with Crippen LogP contribution in [0.15, 0.2) is 53.7 Å². The molecule has 28 heavy (non-hydrogen) atoms. The molecule has 4 heterocycles. The Hall–Kier alpha value is -2.71. The van der Waals surface area contributed by atoms with E-state index in [1.807, 2.05) is 13.0 Å². The first-order chi connectivity index (χ1) is 13.6. The zero-order valence-corrected chi connectivity index (χ0v) is 16.4. The van der Waals surface area contributed by atoms with Gasteiger partial charge in [0.1, 0.15) is 11.3 Å². The molecular formula is C20H21N5O2S.